The van der Waals surface area contributed by atoms with E-state index in [0.717, 1.165) is 26.1 Å². The minimum atomic E-state index is -0.0754. The van der Waals surface area contributed by atoms with Gasteiger partial charge in [-0.2, -0.15) is 0 Å². The Balaban J connectivity index is 2.65. The summed E-state index contributed by atoms with van der Waals surface area (Å²) in [5.74, 6) is 5.68. The summed E-state index contributed by atoms with van der Waals surface area (Å²) in [7, 11) is 1.68. The molecule has 0 aromatic rings. The van der Waals surface area contributed by atoms with Gasteiger partial charge in [-0.25, -0.2) is 0 Å². The average Bonchev–Trinajstić information content (AvgIpc) is 2.70. The van der Waals surface area contributed by atoms with Crippen molar-refractivity contribution in [3.05, 3.63) is 0 Å². The van der Waals surface area contributed by atoms with Gasteiger partial charge in [0.25, 0.3) is 5.91 Å². The van der Waals surface area contributed by atoms with Crippen LogP contribution in [0.1, 0.15) is 20.3 Å². The summed E-state index contributed by atoms with van der Waals surface area (Å²) in [4.78, 5) is 13.7. The molecule has 1 fully saturated rings. The molecule has 96 valence electrons. The standard InChI is InChI=1S/C13H22N2O2/c1-4-6-13(16)15-8-7-11(9-14-5-2)12(15)10-17-3/h11-12,14H,5,7-10H2,1-3H3/t11-,12+/m0/s1. The molecule has 0 radical (unpaired) electrons. The van der Waals surface area contributed by atoms with Gasteiger partial charge < -0.3 is 15.0 Å². The van der Waals surface area contributed by atoms with Gasteiger partial charge in [0.15, 0.2) is 0 Å². The van der Waals surface area contributed by atoms with Crippen LogP contribution in [0.2, 0.25) is 0 Å². The quantitative estimate of drug-likeness (QED) is 0.709. The second-order valence-electron chi connectivity index (χ2n) is 4.25. The molecule has 1 heterocycles. The van der Waals surface area contributed by atoms with E-state index in [9.17, 15) is 4.79 Å². The summed E-state index contributed by atoms with van der Waals surface area (Å²) in [6.45, 7) is 7.05. The smallest absolute Gasteiger partial charge is 0.298 e. The van der Waals surface area contributed by atoms with Crippen LogP contribution >= 0.6 is 0 Å². The van der Waals surface area contributed by atoms with Crippen LogP contribution in [-0.4, -0.2) is 50.2 Å². The highest BCUT2D eigenvalue weighted by molar-refractivity contribution is 5.93. The summed E-state index contributed by atoms with van der Waals surface area (Å²) >= 11 is 0. The van der Waals surface area contributed by atoms with Crippen LogP contribution in [0.15, 0.2) is 0 Å². The van der Waals surface area contributed by atoms with Crippen LogP contribution in [0.4, 0.5) is 0 Å². The van der Waals surface area contributed by atoms with Gasteiger partial charge in [-0.05, 0) is 31.7 Å². The lowest BCUT2D eigenvalue weighted by molar-refractivity contribution is -0.127. The van der Waals surface area contributed by atoms with Gasteiger partial charge in [0.1, 0.15) is 0 Å². The fourth-order valence-electron chi connectivity index (χ4n) is 2.31. The van der Waals surface area contributed by atoms with Crippen molar-refractivity contribution in [1.82, 2.24) is 10.2 Å². The second kappa shape index (κ2) is 7.31. The number of nitrogens with zero attached hydrogens (tertiary/aromatic N) is 1. The molecule has 0 aromatic heterocycles. The van der Waals surface area contributed by atoms with E-state index in [1.807, 2.05) is 4.90 Å². The lowest BCUT2D eigenvalue weighted by Gasteiger charge is -2.26. The number of carbonyl (C=O) groups is 1. The molecule has 4 nitrogen and oxygen atoms in total. The Morgan fingerprint density at radius 1 is 1.59 bits per heavy atom. The highest BCUT2D eigenvalue weighted by Gasteiger charge is 2.35. The monoisotopic (exact) mass is 238 g/mol. The van der Waals surface area contributed by atoms with Crippen molar-refractivity contribution in [3.8, 4) is 11.8 Å². The topological polar surface area (TPSA) is 41.6 Å². The highest BCUT2D eigenvalue weighted by atomic mass is 16.5. The normalized spacial score (nSPS) is 23.4. The van der Waals surface area contributed by atoms with E-state index in [4.69, 9.17) is 4.74 Å². The third-order valence-electron chi connectivity index (χ3n) is 3.17. The Kier molecular flexibility index (Phi) is 6.03. The van der Waals surface area contributed by atoms with Gasteiger partial charge >= 0.3 is 0 Å². The van der Waals surface area contributed by atoms with Gasteiger partial charge in [0, 0.05) is 20.2 Å². The van der Waals surface area contributed by atoms with Crippen molar-refractivity contribution in [2.45, 2.75) is 26.3 Å². The van der Waals surface area contributed by atoms with Gasteiger partial charge in [-0.3, -0.25) is 4.79 Å². The van der Waals surface area contributed by atoms with E-state index in [2.05, 4.69) is 24.1 Å². The third kappa shape index (κ3) is 3.72. The van der Waals surface area contributed by atoms with E-state index in [1.165, 1.54) is 0 Å². The van der Waals surface area contributed by atoms with Crippen molar-refractivity contribution in [1.29, 1.82) is 0 Å². The molecule has 1 saturated heterocycles. The number of methoxy groups -OCH3 is 1. The third-order valence-corrected chi connectivity index (χ3v) is 3.17. The van der Waals surface area contributed by atoms with Crippen LogP contribution < -0.4 is 5.32 Å². The molecule has 17 heavy (non-hydrogen) atoms. The summed E-state index contributed by atoms with van der Waals surface area (Å²) in [6, 6.07) is 0.160. The predicted molar refractivity (Wildman–Crippen MR) is 67.5 cm³/mol. The molecule has 0 saturated carbocycles. The maximum absolute atomic E-state index is 11.8. The molecular formula is C13H22N2O2. The highest BCUT2D eigenvalue weighted by Crippen LogP contribution is 2.24. The molecule has 1 amide bonds. The van der Waals surface area contributed by atoms with E-state index >= 15 is 0 Å². The molecule has 0 spiro atoms. The average molecular weight is 238 g/mol. The van der Waals surface area contributed by atoms with Crippen LogP contribution in [0, 0.1) is 17.8 Å². The van der Waals surface area contributed by atoms with Crippen molar-refractivity contribution in [3.63, 3.8) is 0 Å². The van der Waals surface area contributed by atoms with Crippen LogP contribution in [0.3, 0.4) is 0 Å². The SMILES string of the molecule is CC#CC(=O)N1CC[C@@H](CNCC)[C@H]1COC. The van der Waals surface area contributed by atoms with E-state index in [-0.39, 0.29) is 11.9 Å². The minimum Gasteiger partial charge on any atom is -0.383 e. The maximum Gasteiger partial charge on any atom is 0.298 e. The lowest BCUT2D eigenvalue weighted by Crippen LogP contribution is -2.42. The Morgan fingerprint density at radius 3 is 2.94 bits per heavy atom. The number of rotatable bonds is 5. The lowest BCUT2D eigenvalue weighted by atomic mass is 10.0. The number of likely N-dealkylation sites (tertiary alicyclic amines) is 1. The number of ether oxygens (including phenoxy) is 1. The van der Waals surface area contributed by atoms with E-state index in [1.54, 1.807) is 14.0 Å². The van der Waals surface area contributed by atoms with Gasteiger partial charge in [-0.15, -0.1) is 0 Å². The molecule has 0 bridgehead atoms. The van der Waals surface area contributed by atoms with Crippen LogP contribution in [0.5, 0.6) is 0 Å². The predicted octanol–water partition coefficient (Wildman–Crippen LogP) is 0.483. The van der Waals surface area contributed by atoms with Crippen molar-refractivity contribution in [2.75, 3.05) is 33.4 Å². The maximum atomic E-state index is 11.8. The fraction of sp³-hybridized carbons (Fsp3) is 0.769. The first-order valence-corrected chi connectivity index (χ1v) is 6.17. The van der Waals surface area contributed by atoms with Gasteiger partial charge in [-0.1, -0.05) is 12.8 Å². The molecule has 0 aromatic carbocycles. The van der Waals surface area contributed by atoms with Crippen LogP contribution in [-0.2, 0) is 9.53 Å². The number of hydrogen-bond acceptors (Lipinski definition) is 3. The largest absolute Gasteiger partial charge is 0.383 e. The summed E-state index contributed by atoms with van der Waals surface area (Å²) in [5.41, 5.74) is 0. The molecule has 0 unspecified atom stereocenters. The molecule has 1 aliphatic rings. The van der Waals surface area contributed by atoms with Gasteiger partial charge in [0.05, 0.1) is 12.6 Å². The van der Waals surface area contributed by atoms with E-state index < -0.39 is 0 Å². The Labute approximate surface area is 104 Å². The van der Waals surface area contributed by atoms with E-state index in [0.29, 0.717) is 12.5 Å². The van der Waals surface area contributed by atoms with Gasteiger partial charge in [0.2, 0.25) is 0 Å². The second-order valence-corrected chi connectivity index (χ2v) is 4.25. The number of carbonyl (C=O) groups excluding carboxylic acids is 1. The zero-order valence-electron chi connectivity index (χ0n) is 11.0. The first kappa shape index (κ1) is 14.0. The Bertz CT molecular complexity index is 306. The molecule has 4 heteroatoms. The minimum absolute atomic E-state index is 0.0754. The number of amides is 1. The van der Waals surface area contributed by atoms with Crippen LogP contribution in [0.25, 0.3) is 0 Å². The zero-order valence-corrected chi connectivity index (χ0v) is 11.0. The first-order chi connectivity index (χ1) is 8.24. The molecule has 0 aliphatic carbocycles. The van der Waals surface area contributed by atoms with Crippen molar-refractivity contribution >= 4 is 5.91 Å². The molecule has 1 rings (SSSR count). The fourth-order valence-corrected chi connectivity index (χ4v) is 2.31. The van der Waals surface area contributed by atoms with Crippen molar-refractivity contribution < 1.29 is 9.53 Å². The number of nitrogens with one attached hydrogen (secondary N) is 1. The zero-order chi connectivity index (χ0) is 12.7. The Morgan fingerprint density at radius 2 is 2.35 bits per heavy atom. The van der Waals surface area contributed by atoms with Crippen molar-refractivity contribution in [2.24, 2.45) is 5.92 Å². The summed E-state index contributed by atoms with van der Waals surface area (Å²) < 4.78 is 5.22. The molecule has 2 atom stereocenters. The molecule has 1 N–H and O–H groups in total. The Hall–Kier alpha value is -1.05. The first-order valence-electron chi connectivity index (χ1n) is 6.17. The number of hydrogen-bond donors (Lipinski definition) is 1. The summed E-state index contributed by atoms with van der Waals surface area (Å²) in [6.07, 6.45) is 1.03. The molecular weight excluding hydrogens is 216 g/mol. The molecule has 1 aliphatic heterocycles. The summed E-state index contributed by atoms with van der Waals surface area (Å²) in [5, 5.41) is 3.34.